The molecule has 0 aliphatic carbocycles. The predicted octanol–water partition coefficient (Wildman–Crippen LogP) is 3.65. The maximum absolute atomic E-state index is 6.06. The molecule has 6 heteroatoms. The maximum atomic E-state index is 6.06. The van der Waals surface area contributed by atoms with Crippen molar-refractivity contribution < 1.29 is 4.74 Å². The zero-order chi connectivity index (χ0) is 14.0. The molecule has 100 valence electrons. The molecule has 2 rings (SSSR count). The third kappa shape index (κ3) is 2.97. The van der Waals surface area contributed by atoms with Crippen LogP contribution in [-0.4, -0.2) is 10.2 Å². The molecule has 0 atom stereocenters. The lowest BCUT2D eigenvalue weighted by atomic mass is 10.1. The molecule has 1 heterocycles. The van der Waals surface area contributed by atoms with E-state index in [9.17, 15) is 0 Å². The molecular weight excluding hydrogens is 285 g/mol. The second-order valence-corrected chi connectivity index (χ2v) is 4.92. The van der Waals surface area contributed by atoms with Crippen molar-refractivity contribution in [2.75, 3.05) is 0 Å². The second-order valence-electron chi connectivity index (χ2n) is 4.08. The molecule has 0 amide bonds. The molecule has 0 radical (unpaired) electrons. The lowest BCUT2D eigenvalue weighted by molar-refractivity contribution is 0.446. The Balaban J connectivity index is 2.41. The first-order valence-corrected chi connectivity index (χ1v) is 6.44. The minimum Gasteiger partial charge on any atom is -0.436 e. The Morgan fingerprint density at radius 2 is 1.95 bits per heavy atom. The van der Waals surface area contributed by atoms with E-state index in [0.29, 0.717) is 28.2 Å². The van der Waals surface area contributed by atoms with Gasteiger partial charge in [-0.1, -0.05) is 23.2 Å². The summed E-state index contributed by atoms with van der Waals surface area (Å²) in [6.07, 6.45) is 0. The summed E-state index contributed by atoms with van der Waals surface area (Å²) in [4.78, 5) is 0. The molecular formula is C13H13Cl2N3O. The molecule has 0 aliphatic rings. The van der Waals surface area contributed by atoms with Crippen LogP contribution < -0.4 is 10.5 Å². The molecule has 2 aromatic rings. The Bertz CT molecular complexity index is 617. The molecule has 1 aromatic heterocycles. The topological polar surface area (TPSA) is 61.0 Å². The fourth-order valence-electron chi connectivity index (χ4n) is 1.62. The summed E-state index contributed by atoms with van der Waals surface area (Å²) in [5.41, 5.74) is 8.35. The van der Waals surface area contributed by atoms with Crippen molar-refractivity contribution in [3.63, 3.8) is 0 Å². The number of aromatic nitrogens is 2. The summed E-state index contributed by atoms with van der Waals surface area (Å²) in [6, 6.07) is 4.98. The van der Waals surface area contributed by atoms with Gasteiger partial charge in [0.1, 0.15) is 5.75 Å². The summed E-state index contributed by atoms with van der Waals surface area (Å²) in [5, 5.41) is 9.01. The number of aryl methyl sites for hydroxylation is 1. The van der Waals surface area contributed by atoms with Gasteiger partial charge in [0.25, 0.3) is 0 Å². The van der Waals surface area contributed by atoms with Crippen LogP contribution in [0.15, 0.2) is 18.2 Å². The minimum atomic E-state index is 0.322. The van der Waals surface area contributed by atoms with Crippen LogP contribution in [0.4, 0.5) is 0 Å². The van der Waals surface area contributed by atoms with Crippen molar-refractivity contribution >= 4 is 23.2 Å². The Morgan fingerprint density at radius 1 is 1.21 bits per heavy atom. The van der Waals surface area contributed by atoms with Gasteiger partial charge >= 0.3 is 0 Å². The van der Waals surface area contributed by atoms with Crippen LogP contribution in [0.25, 0.3) is 0 Å². The summed E-state index contributed by atoms with van der Waals surface area (Å²) < 4.78 is 5.68. The van der Waals surface area contributed by atoms with E-state index in [-0.39, 0.29) is 0 Å². The third-order valence-corrected chi connectivity index (χ3v) is 3.38. The lowest BCUT2D eigenvalue weighted by Crippen LogP contribution is -2.07. The summed E-state index contributed by atoms with van der Waals surface area (Å²) in [6.45, 7) is 4.13. The molecule has 0 bridgehead atoms. The van der Waals surface area contributed by atoms with Crippen molar-refractivity contribution in [1.82, 2.24) is 10.2 Å². The van der Waals surface area contributed by atoms with E-state index in [0.717, 1.165) is 16.8 Å². The Hall–Kier alpha value is -1.36. The van der Waals surface area contributed by atoms with E-state index in [2.05, 4.69) is 10.2 Å². The normalized spacial score (nSPS) is 10.6. The van der Waals surface area contributed by atoms with Gasteiger partial charge in [-0.2, -0.15) is 5.10 Å². The first-order valence-electron chi connectivity index (χ1n) is 5.68. The van der Waals surface area contributed by atoms with Gasteiger partial charge in [-0.05, 0) is 37.6 Å². The van der Waals surface area contributed by atoms with Crippen LogP contribution in [0.2, 0.25) is 10.0 Å². The number of ether oxygens (including phenoxy) is 1. The van der Waals surface area contributed by atoms with Gasteiger partial charge < -0.3 is 10.5 Å². The van der Waals surface area contributed by atoms with Gasteiger partial charge in [0.2, 0.25) is 5.88 Å². The van der Waals surface area contributed by atoms with Crippen molar-refractivity contribution in [3.8, 4) is 11.6 Å². The highest BCUT2D eigenvalue weighted by atomic mass is 35.5. The van der Waals surface area contributed by atoms with E-state index in [4.69, 9.17) is 33.7 Å². The monoisotopic (exact) mass is 297 g/mol. The quantitative estimate of drug-likeness (QED) is 0.939. The molecule has 4 nitrogen and oxygen atoms in total. The van der Waals surface area contributed by atoms with Crippen molar-refractivity contribution in [2.45, 2.75) is 20.4 Å². The fourth-order valence-corrected chi connectivity index (χ4v) is 2.07. The van der Waals surface area contributed by atoms with Crippen LogP contribution >= 0.6 is 23.2 Å². The Kier molecular flexibility index (Phi) is 4.24. The summed E-state index contributed by atoms with van der Waals surface area (Å²) in [5.74, 6) is 0.841. The molecule has 0 fully saturated rings. The zero-order valence-corrected chi connectivity index (χ0v) is 12.1. The number of benzene rings is 1. The van der Waals surface area contributed by atoms with E-state index in [1.54, 1.807) is 18.2 Å². The third-order valence-electron chi connectivity index (χ3n) is 2.85. The minimum absolute atomic E-state index is 0.322. The van der Waals surface area contributed by atoms with Gasteiger partial charge in [0, 0.05) is 17.1 Å². The highest BCUT2D eigenvalue weighted by Crippen LogP contribution is 2.32. The summed E-state index contributed by atoms with van der Waals surface area (Å²) >= 11 is 11.9. The number of nitrogens with zero attached hydrogens (tertiary/aromatic N) is 2. The largest absolute Gasteiger partial charge is 0.436 e. The average Bonchev–Trinajstić information content (AvgIpc) is 2.37. The van der Waals surface area contributed by atoms with Gasteiger partial charge in [0.15, 0.2) is 0 Å². The van der Waals surface area contributed by atoms with E-state index in [1.807, 2.05) is 13.8 Å². The fraction of sp³-hybridized carbons (Fsp3) is 0.231. The average molecular weight is 298 g/mol. The molecule has 2 N–H and O–H groups in total. The van der Waals surface area contributed by atoms with Crippen LogP contribution in [0.3, 0.4) is 0 Å². The molecule has 1 aromatic carbocycles. The number of halogens is 2. The smallest absolute Gasteiger partial charge is 0.243 e. The van der Waals surface area contributed by atoms with Gasteiger partial charge in [-0.25, -0.2) is 0 Å². The standard InChI is InChI=1S/C13H13Cl2N3O/c1-7-8(2)17-18-13(10(7)6-16)19-12-4-3-9(14)5-11(12)15/h3-5H,6,16H2,1-2H3. The SMILES string of the molecule is Cc1nnc(Oc2ccc(Cl)cc2Cl)c(CN)c1C. The van der Waals surface area contributed by atoms with Gasteiger partial charge in [0.05, 0.1) is 10.7 Å². The number of rotatable bonds is 3. The van der Waals surface area contributed by atoms with Crippen molar-refractivity contribution in [2.24, 2.45) is 5.73 Å². The molecule has 19 heavy (non-hydrogen) atoms. The number of hydrogen-bond acceptors (Lipinski definition) is 4. The van der Waals surface area contributed by atoms with E-state index < -0.39 is 0 Å². The van der Waals surface area contributed by atoms with Gasteiger partial charge in [-0.3, -0.25) is 0 Å². The molecule has 0 spiro atoms. The first kappa shape index (κ1) is 14.1. The predicted molar refractivity (Wildman–Crippen MR) is 75.9 cm³/mol. The number of hydrogen-bond donors (Lipinski definition) is 1. The molecule has 0 unspecified atom stereocenters. The van der Waals surface area contributed by atoms with Crippen molar-refractivity contribution in [1.29, 1.82) is 0 Å². The summed E-state index contributed by atoms with van der Waals surface area (Å²) in [7, 11) is 0. The Labute approximate surface area is 121 Å². The zero-order valence-electron chi connectivity index (χ0n) is 10.6. The van der Waals surface area contributed by atoms with Crippen LogP contribution in [0.1, 0.15) is 16.8 Å². The Morgan fingerprint density at radius 3 is 2.58 bits per heavy atom. The first-order chi connectivity index (χ1) is 9.02. The van der Waals surface area contributed by atoms with Crippen LogP contribution in [-0.2, 0) is 6.54 Å². The lowest BCUT2D eigenvalue weighted by Gasteiger charge is -2.12. The van der Waals surface area contributed by atoms with E-state index >= 15 is 0 Å². The maximum Gasteiger partial charge on any atom is 0.243 e. The van der Waals surface area contributed by atoms with Crippen LogP contribution in [0.5, 0.6) is 11.6 Å². The van der Waals surface area contributed by atoms with Gasteiger partial charge in [-0.15, -0.1) is 5.10 Å². The van der Waals surface area contributed by atoms with Crippen molar-refractivity contribution in [3.05, 3.63) is 45.1 Å². The van der Waals surface area contributed by atoms with Crippen LogP contribution in [0, 0.1) is 13.8 Å². The number of nitrogens with two attached hydrogens (primary N) is 1. The highest BCUT2D eigenvalue weighted by Gasteiger charge is 2.13. The van der Waals surface area contributed by atoms with E-state index in [1.165, 1.54) is 0 Å². The molecule has 0 saturated carbocycles. The molecule has 0 saturated heterocycles. The molecule has 0 aliphatic heterocycles. The second kappa shape index (κ2) is 5.74. The highest BCUT2D eigenvalue weighted by molar-refractivity contribution is 6.35.